The van der Waals surface area contributed by atoms with Crippen LogP contribution in [0.25, 0.3) is 12.2 Å². The molecular formula is C23H24Zr. The minimum absolute atomic E-state index is 0.176. The zero-order valence-electron chi connectivity index (χ0n) is 14.1. The molecule has 0 radical (unpaired) electrons. The Kier molecular flexibility index (Phi) is 5.28. The Hall–Kier alpha value is -1.20. The molecule has 2 aromatic carbocycles. The van der Waals surface area contributed by atoms with Crippen LogP contribution in [0.1, 0.15) is 53.4 Å². The molecule has 0 heterocycles. The summed E-state index contributed by atoms with van der Waals surface area (Å²) in [6.07, 6.45) is 13.6. The second-order valence-electron chi connectivity index (χ2n) is 6.87. The summed E-state index contributed by atoms with van der Waals surface area (Å²) in [6.45, 7) is 0. The van der Waals surface area contributed by atoms with Crippen molar-refractivity contribution in [2.24, 2.45) is 0 Å². The van der Waals surface area contributed by atoms with Gasteiger partial charge in [-0.15, -0.1) is 0 Å². The van der Waals surface area contributed by atoms with Gasteiger partial charge in [0.05, 0.1) is 0 Å². The van der Waals surface area contributed by atoms with Crippen molar-refractivity contribution in [2.75, 3.05) is 0 Å². The number of fused-ring (bicyclic) bond motifs is 2. The van der Waals surface area contributed by atoms with E-state index < -0.39 is 0 Å². The summed E-state index contributed by atoms with van der Waals surface area (Å²) < 4.78 is 3.05. The van der Waals surface area contributed by atoms with Gasteiger partial charge in [-0.1, -0.05) is 0 Å². The van der Waals surface area contributed by atoms with Gasteiger partial charge < -0.3 is 0 Å². The van der Waals surface area contributed by atoms with Crippen LogP contribution in [0.3, 0.4) is 0 Å². The summed E-state index contributed by atoms with van der Waals surface area (Å²) >= 11 is -0.176. The zero-order valence-corrected chi connectivity index (χ0v) is 16.6. The van der Waals surface area contributed by atoms with Gasteiger partial charge in [0.15, 0.2) is 0 Å². The standard InChI is InChI=1S/C12H13.C11H11.Zr/c1-2-5-10-8-9-11-6-3-4-7-12(10)11;1-2-9-7-8-10-5-3-4-6-11(9)10;/h3-4,6-10H,1-2,5H2;3-9H,1-2H2;. The van der Waals surface area contributed by atoms with Crippen LogP contribution in [-0.4, -0.2) is 0 Å². The molecule has 0 aliphatic heterocycles. The predicted octanol–water partition coefficient (Wildman–Crippen LogP) is 6.70. The first-order valence-electron chi connectivity index (χ1n) is 9.17. The molecule has 0 amide bonds. The van der Waals surface area contributed by atoms with Gasteiger partial charge in [0.2, 0.25) is 0 Å². The molecular weight excluding hydrogens is 367 g/mol. The molecule has 0 aromatic heterocycles. The number of hydrogen-bond donors (Lipinski definition) is 0. The summed E-state index contributed by atoms with van der Waals surface area (Å²) in [5.41, 5.74) is 5.99. The number of allylic oxidation sites excluding steroid dienone is 2. The molecule has 2 aliphatic carbocycles. The van der Waals surface area contributed by atoms with E-state index in [9.17, 15) is 0 Å². The monoisotopic (exact) mass is 390 g/mol. The molecule has 0 saturated carbocycles. The Morgan fingerprint density at radius 2 is 1.25 bits per heavy atom. The molecule has 0 spiro atoms. The second kappa shape index (κ2) is 7.79. The number of rotatable bonds is 7. The molecule has 0 saturated heterocycles. The van der Waals surface area contributed by atoms with Crippen LogP contribution in [-0.2, 0) is 23.2 Å². The second-order valence-corrected chi connectivity index (χ2v) is 10.6. The molecule has 0 fully saturated rings. The number of benzene rings is 2. The Morgan fingerprint density at radius 1 is 0.667 bits per heavy atom. The van der Waals surface area contributed by atoms with Crippen molar-refractivity contribution in [1.29, 1.82) is 0 Å². The Morgan fingerprint density at radius 3 is 1.92 bits per heavy atom. The normalized spacial score (nSPS) is 20.2. The van der Waals surface area contributed by atoms with Crippen LogP contribution < -0.4 is 0 Å². The summed E-state index contributed by atoms with van der Waals surface area (Å²) in [4.78, 5) is 0. The van der Waals surface area contributed by atoms with E-state index in [2.05, 4.69) is 72.8 Å². The third-order valence-electron chi connectivity index (χ3n) is 5.31. The molecule has 4 rings (SSSR count). The van der Waals surface area contributed by atoms with Crippen molar-refractivity contribution < 1.29 is 23.2 Å². The van der Waals surface area contributed by atoms with Crippen molar-refractivity contribution in [2.45, 2.75) is 39.4 Å². The quantitative estimate of drug-likeness (QED) is 0.461. The topological polar surface area (TPSA) is 0 Å². The van der Waals surface area contributed by atoms with Gasteiger partial charge >= 0.3 is 158 Å². The third kappa shape index (κ3) is 3.57. The van der Waals surface area contributed by atoms with Crippen LogP contribution in [0.4, 0.5) is 0 Å². The van der Waals surface area contributed by atoms with Gasteiger partial charge in [0.25, 0.3) is 0 Å². The first kappa shape index (κ1) is 16.3. The molecule has 0 nitrogen and oxygen atoms in total. The molecule has 0 N–H and O–H groups in total. The fourth-order valence-corrected chi connectivity index (χ4v) is 6.98. The van der Waals surface area contributed by atoms with Crippen molar-refractivity contribution >= 4 is 12.2 Å². The van der Waals surface area contributed by atoms with Gasteiger partial charge in [0, 0.05) is 0 Å². The van der Waals surface area contributed by atoms with Crippen molar-refractivity contribution in [3.63, 3.8) is 0 Å². The Balaban J connectivity index is 1.17. The van der Waals surface area contributed by atoms with E-state index >= 15 is 0 Å². The predicted molar refractivity (Wildman–Crippen MR) is 99.9 cm³/mol. The molecule has 1 heteroatoms. The van der Waals surface area contributed by atoms with Crippen molar-refractivity contribution in [3.8, 4) is 0 Å². The average Bonchev–Trinajstić information content (AvgIpc) is 3.22. The van der Waals surface area contributed by atoms with Gasteiger partial charge in [0.1, 0.15) is 0 Å². The Bertz CT molecular complexity index is 691. The van der Waals surface area contributed by atoms with Crippen molar-refractivity contribution in [1.82, 2.24) is 0 Å². The van der Waals surface area contributed by atoms with Crippen LogP contribution in [0.2, 0.25) is 8.26 Å². The summed E-state index contributed by atoms with van der Waals surface area (Å²) in [7, 11) is 0. The molecule has 24 heavy (non-hydrogen) atoms. The fraction of sp³-hybridized carbons (Fsp3) is 0.304. The SMILES string of the molecule is C1=CC(CC[CH2][Zr][CH2]CC2C=Cc3ccccc32)c2ccccc21. The van der Waals surface area contributed by atoms with Crippen molar-refractivity contribution in [3.05, 3.63) is 82.9 Å². The summed E-state index contributed by atoms with van der Waals surface area (Å²) in [5.74, 6) is 1.39. The fourth-order valence-electron chi connectivity index (χ4n) is 3.98. The molecule has 2 unspecified atom stereocenters. The van der Waals surface area contributed by atoms with E-state index in [1.54, 1.807) is 11.1 Å². The molecule has 2 aromatic rings. The summed E-state index contributed by atoms with van der Waals surface area (Å²) in [5, 5.41) is 0. The minimum atomic E-state index is -0.176. The van der Waals surface area contributed by atoms with Crippen LogP contribution >= 0.6 is 0 Å². The Labute approximate surface area is 157 Å². The maximum absolute atomic E-state index is 2.42. The van der Waals surface area contributed by atoms with Gasteiger partial charge in [-0.3, -0.25) is 0 Å². The van der Waals surface area contributed by atoms with Crippen LogP contribution in [0.15, 0.2) is 60.7 Å². The average molecular weight is 392 g/mol. The van der Waals surface area contributed by atoms with Gasteiger partial charge in [-0.25, -0.2) is 0 Å². The first-order chi connectivity index (χ1) is 11.9. The van der Waals surface area contributed by atoms with Gasteiger partial charge in [-0.2, -0.15) is 0 Å². The van der Waals surface area contributed by atoms with Crippen LogP contribution in [0, 0.1) is 0 Å². The van der Waals surface area contributed by atoms with E-state index in [-0.39, 0.29) is 23.2 Å². The molecule has 120 valence electrons. The molecule has 2 aliphatic rings. The van der Waals surface area contributed by atoms with Crippen LogP contribution in [0.5, 0.6) is 0 Å². The van der Waals surface area contributed by atoms with E-state index in [1.165, 1.54) is 38.6 Å². The van der Waals surface area contributed by atoms with E-state index in [4.69, 9.17) is 0 Å². The third-order valence-corrected chi connectivity index (χ3v) is 8.62. The summed E-state index contributed by atoms with van der Waals surface area (Å²) in [6, 6.07) is 17.8. The first-order valence-corrected chi connectivity index (χ1v) is 12.6. The van der Waals surface area contributed by atoms with Gasteiger partial charge in [-0.05, 0) is 0 Å². The van der Waals surface area contributed by atoms with E-state index in [0.717, 1.165) is 0 Å². The number of hydrogen-bond acceptors (Lipinski definition) is 0. The molecule has 0 bridgehead atoms. The molecule has 2 atom stereocenters. The maximum atomic E-state index is 2.42. The van der Waals surface area contributed by atoms with E-state index in [0.29, 0.717) is 11.8 Å². The van der Waals surface area contributed by atoms with E-state index in [1.807, 2.05) is 0 Å². The zero-order chi connectivity index (χ0) is 16.2.